The molecule has 0 saturated carbocycles. The number of aryl methyl sites for hydroxylation is 2. The van der Waals surface area contributed by atoms with Gasteiger partial charge >= 0.3 is 12.6 Å². The van der Waals surface area contributed by atoms with Gasteiger partial charge < -0.3 is 9.47 Å². The van der Waals surface area contributed by atoms with Gasteiger partial charge in [0.15, 0.2) is 6.61 Å². The number of halogens is 2. The molecule has 0 amide bonds. The number of hydrogen-bond donors (Lipinski definition) is 0. The van der Waals surface area contributed by atoms with Crippen LogP contribution in [0.4, 0.5) is 14.5 Å². The quantitative estimate of drug-likeness (QED) is 0.314. The Hall–Kier alpha value is -3.36. The van der Waals surface area contributed by atoms with E-state index in [4.69, 9.17) is 4.74 Å². The minimum Gasteiger partial charge on any atom is -0.453 e. The van der Waals surface area contributed by atoms with Crippen molar-refractivity contribution in [3.8, 4) is 5.75 Å². The molecule has 0 heterocycles. The maximum absolute atomic E-state index is 12.5. The Balaban J connectivity index is 2.21. The molecule has 142 valence electrons. The molecule has 0 N–H and O–H groups in total. The largest absolute Gasteiger partial charge is 0.453 e. The van der Waals surface area contributed by atoms with E-state index in [0.29, 0.717) is 11.1 Å². The second-order valence-corrected chi connectivity index (χ2v) is 5.60. The van der Waals surface area contributed by atoms with Crippen LogP contribution in [0.5, 0.6) is 5.75 Å². The summed E-state index contributed by atoms with van der Waals surface area (Å²) in [6, 6.07) is 8.06. The van der Waals surface area contributed by atoms with Gasteiger partial charge in [0.05, 0.1) is 10.5 Å². The van der Waals surface area contributed by atoms with Crippen LogP contribution in [-0.4, -0.2) is 29.9 Å². The molecular formula is C18H15F2NO6. The molecule has 0 atom stereocenters. The lowest BCUT2D eigenvalue weighted by molar-refractivity contribution is -0.385. The molecule has 7 nitrogen and oxygen atoms in total. The van der Waals surface area contributed by atoms with Crippen molar-refractivity contribution in [3.63, 3.8) is 0 Å². The predicted molar refractivity (Wildman–Crippen MR) is 90.3 cm³/mol. The first kappa shape index (κ1) is 20.0. The highest BCUT2D eigenvalue weighted by atomic mass is 19.3. The minimum atomic E-state index is -3.13. The average Bonchev–Trinajstić information content (AvgIpc) is 2.60. The van der Waals surface area contributed by atoms with E-state index < -0.39 is 35.6 Å². The van der Waals surface area contributed by atoms with Crippen LogP contribution in [0.25, 0.3) is 0 Å². The maximum Gasteiger partial charge on any atom is 0.387 e. The first-order valence-electron chi connectivity index (χ1n) is 7.70. The summed E-state index contributed by atoms with van der Waals surface area (Å²) in [5.41, 5.74) is 0.00969. The zero-order valence-electron chi connectivity index (χ0n) is 14.4. The number of Topliss-reactive ketones (excluding diaryl/α,β-unsaturated/α-hetero) is 1. The number of carbonyl (C=O) groups excluding carboxylic acids is 2. The second kappa shape index (κ2) is 8.35. The van der Waals surface area contributed by atoms with E-state index in [9.17, 15) is 28.5 Å². The molecule has 0 saturated heterocycles. The number of nitro groups is 1. The van der Waals surface area contributed by atoms with Gasteiger partial charge in [-0.3, -0.25) is 14.9 Å². The van der Waals surface area contributed by atoms with E-state index in [1.807, 2.05) is 0 Å². The van der Waals surface area contributed by atoms with Crippen molar-refractivity contribution >= 4 is 17.4 Å². The summed E-state index contributed by atoms with van der Waals surface area (Å²) in [6.45, 7) is -0.782. The third kappa shape index (κ3) is 4.84. The third-order valence-corrected chi connectivity index (χ3v) is 3.64. The van der Waals surface area contributed by atoms with Crippen molar-refractivity contribution in [1.82, 2.24) is 0 Å². The van der Waals surface area contributed by atoms with E-state index in [0.717, 1.165) is 6.07 Å². The number of rotatable bonds is 7. The highest BCUT2D eigenvalue weighted by Crippen LogP contribution is 2.25. The van der Waals surface area contributed by atoms with Gasteiger partial charge in [-0.25, -0.2) is 4.79 Å². The Morgan fingerprint density at radius 2 is 1.89 bits per heavy atom. The fraction of sp³-hybridized carbons (Fsp3) is 0.222. The molecule has 9 heteroatoms. The zero-order chi connectivity index (χ0) is 20.1. The molecule has 2 aromatic carbocycles. The minimum absolute atomic E-state index is 0.178. The van der Waals surface area contributed by atoms with E-state index in [2.05, 4.69) is 4.74 Å². The highest BCUT2D eigenvalue weighted by molar-refractivity contribution is 6.02. The molecule has 27 heavy (non-hydrogen) atoms. The Bertz CT molecular complexity index is 897. The number of esters is 1. The Kier molecular flexibility index (Phi) is 6.17. The fourth-order valence-corrected chi connectivity index (χ4v) is 2.41. The van der Waals surface area contributed by atoms with Gasteiger partial charge in [0.2, 0.25) is 5.78 Å². The molecule has 2 rings (SSSR count). The summed E-state index contributed by atoms with van der Waals surface area (Å²) in [5, 5.41) is 11.1. The molecule has 0 radical (unpaired) electrons. The summed E-state index contributed by atoms with van der Waals surface area (Å²) < 4.78 is 34.1. The van der Waals surface area contributed by atoms with Crippen LogP contribution in [0.2, 0.25) is 0 Å². The average molecular weight is 379 g/mol. The number of benzene rings is 2. The molecule has 0 aliphatic carbocycles. The lowest BCUT2D eigenvalue weighted by atomic mass is 10.1. The van der Waals surface area contributed by atoms with Gasteiger partial charge in [0.25, 0.3) is 5.69 Å². The number of carbonyl (C=O) groups is 2. The fourth-order valence-electron chi connectivity index (χ4n) is 2.41. The smallest absolute Gasteiger partial charge is 0.387 e. The molecule has 0 aliphatic heterocycles. The maximum atomic E-state index is 12.5. The van der Waals surface area contributed by atoms with E-state index in [1.54, 1.807) is 6.92 Å². The summed E-state index contributed by atoms with van der Waals surface area (Å²) in [6.07, 6.45) is 0. The number of nitro benzene ring substituents is 1. The van der Waals surface area contributed by atoms with Gasteiger partial charge in [-0.1, -0.05) is 23.8 Å². The summed E-state index contributed by atoms with van der Waals surface area (Å²) in [5.74, 6) is -2.19. The lowest BCUT2D eigenvalue weighted by Gasteiger charge is -2.11. The molecule has 0 unspecified atom stereocenters. The first-order valence-corrected chi connectivity index (χ1v) is 7.70. The second-order valence-electron chi connectivity index (χ2n) is 5.60. The van der Waals surface area contributed by atoms with Crippen molar-refractivity contribution in [3.05, 3.63) is 68.8 Å². The lowest BCUT2D eigenvalue weighted by Crippen LogP contribution is -2.17. The summed E-state index contributed by atoms with van der Waals surface area (Å²) >= 11 is 0. The van der Waals surface area contributed by atoms with E-state index in [-0.39, 0.29) is 16.9 Å². The van der Waals surface area contributed by atoms with Gasteiger partial charge in [0.1, 0.15) is 11.3 Å². The Morgan fingerprint density at radius 1 is 1.19 bits per heavy atom. The van der Waals surface area contributed by atoms with Crippen LogP contribution in [0.1, 0.15) is 31.8 Å². The molecule has 0 spiro atoms. The molecule has 2 aromatic rings. The Morgan fingerprint density at radius 3 is 2.52 bits per heavy atom. The normalized spacial score (nSPS) is 10.6. The number of ether oxygens (including phenoxy) is 2. The van der Waals surface area contributed by atoms with Crippen LogP contribution in [0, 0.1) is 24.0 Å². The van der Waals surface area contributed by atoms with Gasteiger partial charge in [-0.15, -0.1) is 0 Å². The summed E-state index contributed by atoms with van der Waals surface area (Å²) in [4.78, 5) is 34.9. The number of hydrogen-bond acceptors (Lipinski definition) is 6. The van der Waals surface area contributed by atoms with Crippen LogP contribution < -0.4 is 4.74 Å². The standard InChI is InChI=1S/C18H15F2NO6/c1-10-6-7-15(27-18(19)20)12(8-10)14(22)9-26-17(23)16-11(2)4-3-5-13(16)21(24)25/h3-8,18H,9H2,1-2H3. The Labute approximate surface area is 152 Å². The number of alkyl halides is 2. The monoisotopic (exact) mass is 379 g/mol. The van der Waals surface area contributed by atoms with Crippen LogP contribution >= 0.6 is 0 Å². The molecule has 0 bridgehead atoms. The summed E-state index contributed by atoms with van der Waals surface area (Å²) in [7, 11) is 0. The van der Waals surface area contributed by atoms with Crippen molar-refractivity contribution < 1.29 is 32.8 Å². The molecule has 0 aromatic heterocycles. The van der Waals surface area contributed by atoms with Gasteiger partial charge in [-0.2, -0.15) is 8.78 Å². The van der Waals surface area contributed by atoms with Crippen LogP contribution in [0.15, 0.2) is 36.4 Å². The molecule has 0 aliphatic rings. The topological polar surface area (TPSA) is 95.7 Å². The molecule has 0 fully saturated rings. The SMILES string of the molecule is Cc1ccc(OC(F)F)c(C(=O)COC(=O)c2c(C)cccc2[N+](=O)[O-])c1. The highest BCUT2D eigenvalue weighted by Gasteiger charge is 2.25. The van der Waals surface area contributed by atoms with Crippen LogP contribution in [0.3, 0.4) is 0 Å². The predicted octanol–water partition coefficient (Wildman–Crippen LogP) is 3.85. The number of ketones is 1. The van der Waals surface area contributed by atoms with Crippen molar-refractivity contribution in [2.45, 2.75) is 20.5 Å². The van der Waals surface area contributed by atoms with Crippen molar-refractivity contribution in [2.24, 2.45) is 0 Å². The van der Waals surface area contributed by atoms with Crippen molar-refractivity contribution in [2.75, 3.05) is 6.61 Å². The number of nitrogens with zero attached hydrogens (tertiary/aromatic N) is 1. The zero-order valence-corrected chi connectivity index (χ0v) is 14.4. The van der Waals surface area contributed by atoms with Gasteiger partial charge in [-0.05, 0) is 31.5 Å². The van der Waals surface area contributed by atoms with Crippen LogP contribution in [-0.2, 0) is 4.74 Å². The third-order valence-electron chi connectivity index (χ3n) is 3.64. The van der Waals surface area contributed by atoms with Crippen molar-refractivity contribution in [1.29, 1.82) is 0 Å². The molecular weight excluding hydrogens is 364 g/mol. The van der Waals surface area contributed by atoms with E-state index >= 15 is 0 Å². The van der Waals surface area contributed by atoms with Gasteiger partial charge in [0, 0.05) is 6.07 Å². The first-order chi connectivity index (χ1) is 12.7. The van der Waals surface area contributed by atoms with E-state index in [1.165, 1.54) is 37.3 Å².